The van der Waals surface area contributed by atoms with Crippen molar-refractivity contribution in [1.29, 1.82) is 0 Å². The number of carbonyl (C=O) groups excluding carboxylic acids is 1. The summed E-state index contributed by atoms with van der Waals surface area (Å²) in [5.74, 6) is -0.570. The molecule has 0 unspecified atom stereocenters. The third kappa shape index (κ3) is 3.91. The molecule has 0 aliphatic rings. The van der Waals surface area contributed by atoms with E-state index in [-0.39, 0.29) is 10.4 Å². The fraction of sp³-hybridized carbons (Fsp3) is 0.235. The van der Waals surface area contributed by atoms with Crippen LogP contribution in [0.25, 0.3) is 0 Å². The van der Waals surface area contributed by atoms with E-state index < -0.39 is 5.82 Å². The fourth-order valence-corrected chi connectivity index (χ4v) is 2.59. The highest BCUT2D eigenvalue weighted by molar-refractivity contribution is 9.10. The number of hydrogen-bond donors (Lipinski definition) is 0. The minimum atomic E-state index is -0.417. The molecule has 0 heterocycles. The van der Waals surface area contributed by atoms with Crippen molar-refractivity contribution in [3.8, 4) is 0 Å². The summed E-state index contributed by atoms with van der Waals surface area (Å²) in [6, 6.07) is 14.5. The summed E-state index contributed by atoms with van der Waals surface area (Å²) in [6.45, 7) is 3.13. The zero-order chi connectivity index (χ0) is 15.2. The van der Waals surface area contributed by atoms with Crippen LogP contribution in [0.4, 0.5) is 4.39 Å². The number of benzene rings is 2. The van der Waals surface area contributed by atoms with Gasteiger partial charge in [-0.3, -0.25) is 4.79 Å². The van der Waals surface area contributed by atoms with Gasteiger partial charge in [-0.1, -0.05) is 36.4 Å². The quantitative estimate of drug-likeness (QED) is 0.788. The zero-order valence-corrected chi connectivity index (χ0v) is 13.4. The van der Waals surface area contributed by atoms with Crippen LogP contribution in [0.5, 0.6) is 0 Å². The second-order valence-electron chi connectivity index (χ2n) is 4.72. The molecule has 0 N–H and O–H groups in total. The highest BCUT2D eigenvalue weighted by Crippen LogP contribution is 2.22. The smallest absolute Gasteiger partial charge is 0.255 e. The average molecular weight is 350 g/mol. The molecule has 2 aromatic rings. The normalized spacial score (nSPS) is 10.4. The molecule has 21 heavy (non-hydrogen) atoms. The molecule has 2 rings (SSSR count). The molecular formula is C17H17BrFNO. The van der Waals surface area contributed by atoms with E-state index in [1.54, 1.807) is 17.0 Å². The summed E-state index contributed by atoms with van der Waals surface area (Å²) >= 11 is 3.15. The minimum absolute atomic E-state index is 0.153. The van der Waals surface area contributed by atoms with Gasteiger partial charge in [0.1, 0.15) is 5.82 Å². The lowest BCUT2D eigenvalue weighted by molar-refractivity contribution is 0.0764. The Balaban J connectivity index is 2.10. The lowest BCUT2D eigenvalue weighted by Gasteiger charge is -2.21. The molecule has 0 aromatic heterocycles. The van der Waals surface area contributed by atoms with Gasteiger partial charge < -0.3 is 4.90 Å². The number of halogens is 2. The molecule has 4 heteroatoms. The number of hydrogen-bond acceptors (Lipinski definition) is 1. The zero-order valence-electron chi connectivity index (χ0n) is 11.9. The Labute approximate surface area is 132 Å². The number of likely N-dealkylation sites (N-methyl/N-ethyl adjacent to an activating group) is 1. The lowest BCUT2D eigenvalue weighted by atomic mass is 10.1. The van der Waals surface area contributed by atoms with Crippen LogP contribution in [0, 0.1) is 5.82 Å². The SMILES string of the molecule is CCN(CCc1ccccc1)C(=O)c1cccc(F)c1Br. The first kappa shape index (κ1) is 15.7. The van der Waals surface area contributed by atoms with Crippen molar-refractivity contribution >= 4 is 21.8 Å². The Morgan fingerprint density at radius 1 is 1.14 bits per heavy atom. The second-order valence-corrected chi connectivity index (χ2v) is 5.51. The molecule has 0 saturated heterocycles. The van der Waals surface area contributed by atoms with Crippen LogP contribution < -0.4 is 0 Å². The topological polar surface area (TPSA) is 20.3 Å². The highest BCUT2D eigenvalue weighted by atomic mass is 79.9. The maximum absolute atomic E-state index is 13.5. The molecule has 110 valence electrons. The van der Waals surface area contributed by atoms with Gasteiger partial charge in [-0.2, -0.15) is 0 Å². The van der Waals surface area contributed by atoms with Gasteiger partial charge in [0.05, 0.1) is 10.0 Å². The third-order valence-electron chi connectivity index (χ3n) is 3.36. The molecule has 0 aliphatic heterocycles. The summed E-state index contributed by atoms with van der Waals surface area (Å²) < 4.78 is 13.8. The van der Waals surface area contributed by atoms with E-state index in [9.17, 15) is 9.18 Å². The molecular weight excluding hydrogens is 333 g/mol. The van der Waals surface area contributed by atoms with Gasteiger partial charge in [0, 0.05) is 13.1 Å². The number of carbonyl (C=O) groups is 1. The number of amides is 1. The van der Waals surface area contributed by atoms with Crippen molar-refractivity contribution < 1.29 is 9.18 Å². The summed E-state index contributed by atoms with van der Waals surface area (Å²) in [5, 5.41) is 0. The van der Waals surface area contributed by atoms with Gasteiger partial charge in [-0.25, -0.2) is 4.39 Å². The number of rotatable bonds is 5. The van der Waals surface area contributed by atoms with E-state index in [0.29, 0.717) is 18.7 Å². The van der Waals surface area contributed by atoms with E-state index >= 15 is 0 Å². The van der Waals surface area contributed by atoms with Crippen molar-refractivity contribution in [3.05, 3.63) is 69.9 Å². The first-order valence-corrected chi connectivity index (χ1v) is 7.70. The van der Waals surface area contributed by atoms with E-state index in [0.717, 1.165) is 6.42 Å². The molecule has 0 bridgehead atoms. The summed E-state index contributed by atoms with van der Waals surface area (Å²) in [7, 11) is 0. The predicted octanol–water partition coefficient (Wildman–Crippen LogP) is 4.29. The Kier molecular flexibility index (Phi) is 5.51. The van der Waals surface area contributed by atoms with E-state index in [1.165, 1.54) is 11.6 Å². The molecule has 0 saturated carbocycles. The van der Waals surface area contributed by atoms with E-state index in [1.807, 2.05) is 37.3 Å². The van der Waals surface area contributed by atoms with Crippen LogP contribution in [0.3, 0.4) is 0 Å². The van der Waals surface area contributed by atoms with Crippen LogP contribution in [0.15, 0.2) is 53.0 Å². The van der Waals surface area contributed by atoms with Crippen molar-refractivity contribution in [1.82, 2.24) is 4.90 Å². The average Bonchev–Trinajstić information content (AvgIpc) is 2.51. The van der Waals surface area contributed by atoms with Gasteiger partial charge in [0.15, 0.2) is 0 Å². The molecule has 2 aromatic carbocycles. The Morgan fingerprint density at radius 3 is 2.52 bits per heavy atom. The van der Waals surface area contributed by atoms with Crippen molar-refractivity contribution in [2.24, 2.45) is 0 Å². The first-order chi connectivity index (χ1) is 10.1. The molecule has 1 amide bonds. The second kappa shape index (κ2) is 7.36. The lowest BCUT2D eigenvalue weighted by Crippen LogP contribution is -2.33. The van der Waals surface area contributed by atoms with Crippen molar-refractivity contribution in [2.45, 2.75) is 13.3 Å². The third-order valence-corrected chi connectivity index (χ3v) is 4.17. The van der Waals surface area contributed by atoms with Crippen LogP contribution in [-0.2, 0) is 6.42 Å². The van der Waals surface area contributed by atoms with Crippen LogP contribution >= 0.6 is 15.9 Å². The predicted molar refractivity (Wildman–Crippen MR) is 85.8 cm³/mol. The monoisotopic (exact) mass is 349 g/mol. The molecule has 0 spiro atoms. The van der Waals surface area contributed by atoms with Crippen LogP contribution in [0.1, 0.15) is 22.8 Å². The maximum Gasteiger partial charge on any atom is 0.255 e. The Morgan fingerprint density at radius 2 is 1.86 bits per heavy atom. The van der Waals surface area contributed by atoms with Gasteiger partial charge >= 0.3 is 0 Å². The summed E-state index contributed by atoms with van der Waals surface area (Å²) in [5.41, 5.74) is 1.55. The van der Waals surface area contributed by atoms with Crippen molar-refractivity contribution in [2.75, 3.05) is 13.1 Å². The maximum atomic E-state index is 13.5. The van der Waals surface area contributed by atoms with E-state index in [2.05, 4.69) is 15.9 Å². The number of nitrogens with zero attached hydrogens (tertiary/aromatic N) is 1. The van der Waals surface area contributed by atoms with Gasteiger partial charge in [-0.15, -0.1) is 0 Å². The standard InChI is InChI=1S/C17H17BrFNO/c1-2-20(12-11-13-7-4-3-5-8-13)17(21)14-9-6-10-15(19)16(14)18/h3-10H,2,11-12H2,1H3. The summed E-state index contributed by atoms with van der Waals surface area (Å²) in [4.78, 5) is 14.2. The fourth-order valence-electron chi connectivity index (χ4n) is 2.15. The molecule has 2 nitrogen and oxygen atoms in total. The van der Waals surface area contributed by atoms with Gasteiger partial charge in [0.25, 0.3) is 5.91 Å². The first-order valence-electron chi connectivity index (χ1n) is 6.90. The highest BCUT2D eigenvalue weighted by Gasteiger charge is 2.18. The molecule has 0 atom stereocenters. The van der Waals surface area contributed by atoms with Crippen molar-refractivity contribution in [3.63, 3.8) is 0 Å². The Hall–Kier alpha value is -1.68. The van der Waals surface area contributed by atoms with Crippen LogP contribution in [0.2, 0.25) is 0 Å². The largest absolute Gasteiger partial charge is 0.339 e. The summed E-state index contributed by atoms with van der Waals surface area (Å²) in [6.07, 6.45) is 0.785. The molecule has 0 radical (unpaired) electrons. The van der Waals surface area contributed by atoms with Gasteiger partial charge in [-0.05, 0) is 47.0 Å². The van der Waals surface area contributed by atoms with Crippen LogP contribution in [-0.4, -0.2) is 23.9 Å². The Bertz CT molecular complexity index is 615. The minimum Gasteiger partial charge on any atom is -0.339 e. The van der Waals surface area contributed by atoms with Gasteiger partial charge in [0.2, 0.25) is 0 Å². The van der Waals surface area contributed by atoms with E-state index in [4.69, 9.17) is 0 Å². The molecule has 0 aliphatic carbocycles. The molecule has 0 fully saturated rings.